The van der Waals surface area contributed by atoms with Gasteiger partial charge in [-0.2, -0.15) is 26.3 Å². The molecule has 0 amide bonds. The molecule has 1 aliphatic heterocycles. The number of likely N-dealkylation sites (tertiary alicyclic amines) is 1. The fourth-order valence-corrected chi connectivity index (χ4v) is 4.04. The molecule has 0 aliphatic carbocycles. The first kappa shape index (κ1) is 29.9. The molecule has 3 nitrogen and oxygen atoms in total. The SMILES string of the molecule is C#CC(=C)C.O=C(O)CC1CCN(Cc2cc(C(F)(F)F)ccc2F)C(c2ccc(C(F)(F)F)cc2)C1. The van der Waals surface area contributed by atoms with E-state index in [1.807, 2.05) is 0 Å². The first-order valence-electron chi connectivity index (χ1n) is 11.2. The summed E-state index contributed by atoms with van der Waals surface area (Å²) in [5, 5.41) is 9.10. The number of terminal acetylenes is 1. The number of hydrogen-bond donors (Lipinski definition) is 1. The van der Waals surface area contributed by atoms with E-state index in [2.05, 4.69) is 12.5 Å². The van der Waals surface area contributed by atoms with Crippen LogP contribution in [-0.4, -0.2) is 22.5 Å². The summed E-state index contributed by atoms with van der Waals surface area (Å²) in [4.78, 5) is 12.8. The summed E-state index contributed by atoms with van der Waals surface area (Å²) in [5.74, 6) is 0.234. The van der Waals surface area contributed by atoms with Gasteiger partial charge in [-0.05, 0) is 73.7 Å². The Morgan fingerprint density at radius 1 is 1.08 bits per heavy atom. The number of benzene rings is 2. The molecule has 37 heavy (non-hydrogen) atoms. The molecule has 1 aliphatic rings. The highest BCUT2D eigenvalue weighted by molar-refractivity contribution is 5.67. The molecule has 0 bridgehead atoms. The van der Waals surface area contributed by atoms with E-state index in [1.54, 1.807) is 11.8 Å². The average Bonchev–Trinajstić information content (AvgIpc) is 2.80. The van der Waals surface area contributed by atoms with E-state index in [0.29, 0.717) is 18.1 Å². The van der Waals surface area contributed by atoms with Crippen LogP contribution in [0, 0.1) is 24.1 Å². The van der Waals surface area contributed by atoms with Crippen molar-refractivity contribution in [2.75, 3.05) is 6.54 Å². The maximum absolute atomic E-state index is 14.3. The van der Waals surface area contributed by atoms with Crippen molar-refractivity contribution in [1.82, 2.24) is 4.90 Å². The van der Waals surface area contributed by atoms with Crippen molar-refractivity contribution in [2.24, 2.45) is 5.92 Å². The maximum atomic E-state index is 14.3. The smallest absolute Gasteiger partial charge is 0.416 e. The second-order valence-electron chi connectivity index (χ2n) is 8.82. The molecule has 2 aromatic rings. The summed E-state index contributed by atoms with van der Waals surface area (Å²) in [6, 6.07) is 5.89. The summed E-state index contributed by atoms with van der Waals surface area (Å²) in [6.07, 6.45) is -3.80. The van der Waals surface area contributed by atoms with Gasteiger partial charge in [0.15, 0.2) is 0 Å². The van der Waals surface area contributed by atoms with Crippen molar-refractivity contribution in [1.29, 1.82) is 0 Å². The van der Waals surface area contributed by atoms with Crippen LogP contribution in [0.25, 0.3) is 0 Å². The molecule has 1 fully saturated rings. The number of aliphatic carboxylic acids is 1. The summed E-state index contributed by atoms with van der Waals surface area (Å²) >= 11 is 0. The molecule has 3 rings (SSSR count). The molecule has 0 saturated carbocycles. The van der Waals surface area contributed by atoms with Gasteiger partial charge in [0.05, 0.1) is 11.1 Å². The van der Waals surface area contributed by atoms with Crippen LogP contribution < -0.4 is 0 Å². The Labute approximate surface area is 210 Å². The van der Waals surface area contributed by atoms with Gasteiger partial charge in [-0.25, -0.2) is 4.39 Å². The van der Waals surface area contributed by atoms with Crippen molar-refractivity contribution in [3.8, 4) is 12.3 Å². The minimum absolute atomic E-state index is 0.136. The predicted octanol–water partition coefficient (Wildman–Crippen LogP) is 7.49. The Balaban J connectivity index is 0.000000877. The Kier molecular flexibility index (Phi) is 9.93. The van der Waals surface area contributed by atoms with E-state index in [4.69, 9.17) is 11.5 Å². The van der Waals surface area contributed by atoms with Gasteiger partial charge in [0, 0.05) is 24.6 Å². The molecular formula is C27H26F7NO2. The zero-order valence-electron chi connectivity index (χ0n) is 20.0. The second kappa shape index (κ2) is 12.3. The van der Waals surface area contributed by atoms with E-state index in [-0.39, 0.29) is 37.4 Å². The Hall–Kier alpha value is -3.32. The highest BCUT2D eigenvalue weighted by Crippen LogP contribution is 2.39. The zero-order valence-corrected chi connectivity index (χ0v) is 20.0. The molecule has 200 valence electrons. The number of carbonyl (C=O) groups is 1. The first-order valence-corrected chi connectivity index (χ1v) is 11.2. The lowest BCUT2D eigenvalue weighted by Crippen LogP contribution is -2.37. The predicted molar refractivity (Wildman–Crippen MR) is 125 cm³/mol. The Morgan fingerprint density at radius 2 is 1.62 bits per heavy atom. The van der Waals surface area contributed by atoms with Gasteiger partial charge in [0.1, 0.15) is 5.82 Å². The van der Waals surface area contributed by atoms with Gasteiger partial charge in [-0.3, -0.25) is 9.69 Å². The first-order chi connectivity index (χ1) is 17.1. The van der Waals surface area contributed by atoms with Crippen LogP contribution in [0.1, 0.15) is 54.5 Å². The fraction of sp³-hybridized carbons (Fsp3) is 0.370. The number of allylic oxidation sites excluding steroid dienone is 1. The summed E-state index contributed by atoms with van der Waals surface area (Å²) in [7, 11) is 0. The molecule has 1 N–H and O–H groups in total. The van der Waals surface area contributed by atoms with Crippen molar-refractivity contribution >= 4 is 5.97 Å². The molecule has 0 radical (unpaired) electrons. The van der Waals surface area contributed by atoms with Crippen LogP contribution in [0.2, 0.25) is 0 Å². The van der Waals surface area contributed by atoms with Crippen molar-refractivity contribution < 1.29 is 40.6 Å². The Bertz CT molecular complexity index is 1130. The molecule has 0 aromatic heterocycles. The topological polar surface area (TPSA) is 40.5 Å². The normalized spacial score (nSPS) is 18.4. The summed E-state index contributed by atoms with van der Waals surface area (Å²) in [6.45, 7) is 5.30. The van der Waals surface area contributed by atoms with E-state index >= 15 is 0 Å². The lowest BCUT2D eigenvalue weighted by Gasteiger charge is -2.39. The number of halogens is 7. The average molecular weight is 529 g/mol. The number of rotatable bonds is 5. The van der Waals surface area contributed by atoms with Crippen LogP contribution in [0.15, 0.2) is 54.6 Å². The quantitative estimate of drug-likeness (QED) is 0.322. The van der Waals surface area contributed by atoms with Crippen LogP contribution >= 0.6 is 0 Å². The minimum Gasteiger partial charge on any atom is -0.481 e. The van der Waals surface area contributed by atoms with Crippen LogP contribution in [0.3, 0.4) is 0 Å². The third-order valence-corrected chi connectivity index (χ3v) is 5.90. The fourth-order valence-electron chi connectivity index (χ4n) is 4.04. The third-order valence-electron chi connectivity index (χ3n) is 5.90. The lowest BCUT2D eigenvalue weighted by molar-refractivity contribution is -0.139. The van der Waals surface area contributed by atoms with Gasteiger partial charge in [0.2, 0.25) is 0 Å². The second-order valence-corrected chi connectivity index (χ2v) is 8.82. The molecule has 10 heteroatoms. The number of nitrogens with zero attached hydrogens (tertiary/aromatic N) is 1. The Morgan fingerprint density at radius 3 is 2.11 bits per heavy atom. The van der Waals surface area contributed by atoms with Crippen LogP contribution in [0.5, 0.6) is 0 Å². The van der Waals surface area contributed by atoms with Gasteiger partial charge < -0.3 is 5.11 Å². The van der Waals surface area contributed by atoms with Gasteiger partial charge in [0.25, 0.3) is 0 Å². The number of hydrogen-bond acceptors (Lipinski definition) is 2. The number of piperidine rings is 1. The van der Waals surface area contributed by atoms with E-state index < -0.39 is 41.3 Å². The van der Waals surface area contributed by atoms with Crippen molar-refractivity contribution in [2.45, 2.75) is 51.1 Å². The largest absolute Gasteiger partial charge is 0.481 e. The molecule has 0 spiro atoms. The summed E-state index contributed by atoms with van der Waals surface area (Å²) in [5.41, 5.74) is -0.797. The van der Waals surface area contributed by atoms with Crippen LogP contribution in [-0.2, 0) is 23.7 Å². The highest BCUT2D eigenvalue weighted by atomic mass is 19.4. The van der Waals surface area contributed by atoms with Crippen molar-refractivity contribution in [3.05, 3.63) is 82.7 Å². The van der Waals surface area contributed by atoms with Gasteiger partial charge >= 0.3 is 18.3 Å². The van der Waals surface area contributed by atoms with Gasteiger partial charge in [-0.15, -0.1) is 6.42 Å². The van der Waals surface area contributed by atoms with E-state index in [9.17, 15) is 35.5 Å². The van der Waals surface area contributed by atoms with Crippen molar-refractivity contribution in [3.63, 3.8) is 0 Å². The summed E-state index contributed by atoms with van der Waals surface area (Å²) < 4.78 is 92.1. The molecular weight excluding hydrogens is 503 g/mol. The standard InChI is InChI=1S/C22H20F7NO2.C5H6/c23-18-6-5-17(22(27,28)29)11-15(18)12-30-8-7-13(10-20(31)32)9-19(30)14-1-3-16(4-2-14)21(24,25)26;1-4-5(2)3/h1-6,11,13,19H,7-10,12H2,(H,31,32);1H,2H2,3H3. The third kappa shape index (κ3) is 8.93. The number of alkyl halides is 6. The maximum Gasteiger partial charge on any atom is 0.416 e. The zero-order chi connectivity index (χ0) is 28.0. The molecule has 2 aromatic carbocycles. The van der Waals surface area contributed by atoms with Gasteiger partial charge in [-0.1, -0.05) is 24.6 Å². The highest BCUT2D eigenvalue weighted by Gasteiger charge is 2.35. The molecule has 2 unspecified atom stereocenters. The monoisotopic (exact) mass is 529 g/mol. The molecule has 1 heterocycles. The molecule has 2 atom stereocenters. The lowest BCUT2D eigenvalue weighted by atomic mass is 9.84. The number of carboxylic acids is 1. The van der Waals surface area contributed by atoms with E-state index in [0.717, 1.165) is 29.8 Å². The minimum atomic E-state index is -4.65. The van der Waals surface area contributed by atoms with Crippen LogP contribution in [0.4, 0.5) is 30.7 Å². The molecule has 1 saturated heterocycles. The van der Waals surface area contributed by atoms with E-state index in [1.165, 1.54) is 12.1 Å². The number of carboxylic acid groups (broad SMARTS) is 1.